The quantitative estimate of drug-likeness (QED) is 0.639. The third-order valence-electron chi connectivity index (χ3n) is 2.60. The van der Waals surface area contributed by atoms with Gasteiger partial charge in [-0.15, -0.1) is 0 Å². The molecule has 0 aromatic rings. The van der Waals surface area contributed by atoms with E-state index in [9.17, 15) is 4.79 Å². The SMILES string of the molecule is CC(C)(C)OC(=O)N1CCC[C@H](N)[C@H](N)C1. The van der Waals surface area contributed by atoms with Crippen LogP contribution in [0, 0.1) is 0 Å². The Kier molecular flexibility index (Phi) is 4.15. The fourth-order valence-electron chi connectivity index (χ4n) is 1.71. The van der Waals surface area contributed by atoms with E-state index in [1.165, 1.54) is 0 Å². The van der Waals surface area contributed by atoms with Crippen LogP contribution < -0.4 is 11.5 Å². The van der Waals surface area contributed by atoms with E-state index in [0.717, 1.165) is 12.8 Å². The molecule has 1 rings (SSSR count). The topological polar surface area (TPSA) is 81.6 Å². The fourth-order valence-corrected chi connectivity index (χ4v) is 1.71. The van der Waals surface area contributed by atoms with Crippen molar-refractivity contribution in [3.8, 4) is 0 Å². The van der Waals surface area contributed by atoms with Gasteiger partial charge in [-0.3, -0.25) is 0 Å². The van der Waals surface area contributed by atoms with Crippen LogP contribution in [0.15, 0.2) is 0 Å². The van der Waals surface area contributed by atoms with Gasteiger partial charge < -0.3 is 21.1 Å². The van der Waals surface area contributed by atoms with E-state index in [-0.39, 0.29) is 18.2 Å². The van der Waals surface area contributed by atoms with Gasteiger partial charge in [-0.25, -0.2) is 4.79 Å². The van der Waals surface area contributed by atoms with Crippen LogP contribution in [-0.2, 0) is 4.74 Å². The van der Waals surface area contributed by atoms with Gasteiger partial charge in [0.2, 0.25) is 0 Å². The van der Waals surface area contributed by atoms with Gasteiger partial charge in [0.25, 0.3) is 0 Å². The van der Waals surface area contributed by atoms with Gasteiger partial charge in [-0.2, -0.15) is 0 Å². The molecular weight excluding hydrogens is 206 g/mol. The van der Waals surface area contributed by atoms with Gasteiger partial charge in [0.15, 0.2) is 0 Å². The first-order chi connectivity index (χ1) is 7.29. The van der Waals surface area contributed by atoms with Gasteiger partial charge in [0, 0.05) is 25.2 Å². The minimum atomic E-state index is -0.463. The minimum absolute atomic E-state index is 0.0209. The standard InChI is InChI=1S/C11H23N3O2/c1-11(2,3)16-10(15)14-6-4-5-8(12)9(13)7-14/h8-9H,4-7,12-13H2,1-3H3/t8-,9+/m0/s1. The highest BCUT2D eigenvalue weighted by molar-refractivity contribution is 5.68. The zero-order valence-electron chi connectivity index (χ0n) is 10.4. The van der Waals surface area contributed by atoms with Crippen molar-refractivity contribution in [1.82, 2.24) is 4.90 Å². The Balaban J connectivity index is 2.56. The fraction of sp³-hybridized carbons (Fsp3) is 0.909. The van der Waals surface area contributed by atoms with Crippen LogP contribution in [0.2, 0.25) is 0 Å². The summed E-state index contributed by atoms with van der Waals surface area (Å²) in [5.41, 5.74) is 11.3. The number of ether oxygens (including phenoxy) is 1. The summed E-state index contributed by atoms with van der Waals surface area (Å²) >= 11 is 0. The Bertz CT molecular complexity index is 250. The second-order valence-electron chi connectivity index (χ2n) is 5.40. The average Bonchev–Trinajstić information content (AvgIpc) is 2.27. The molecule has 0 aliphatic carbocycles. The molecule has 5 heteroatoms. The van der Waals surface area contributed by atoms with Crippen molar-refractivity contribution in [2.24, 2.45) is 11.5 Å². The highest BCUT2D eigenvalue weighted by atomic mass is 16.6. The molecule has 1 saturated heterocycles. The summed E-state index contributed by atoms with van der Waals surface area (Å²) in [7, 11) is 0. The summed E-state index contributed by atoms with van der Waals surface area (Å²) in [5, 5.41) is 0. The minimum Gasteiger partial charge on any atom is -0.444 e. The summed E-state index contributed by atoms with van der Waals surface area (Å²) in [6, 6.07) is -0.178. The third kappa shape index (κ3) is 3.98. The molecule has 0 bridgehead atoms. The second-order valence-corrected chi connectivity index (χ2v) is 5.40. The maximum absolute atomic E-state index is 11.8. The number of nitrogens with zero attached hydrogens (tertiary/aromatic N) is 1. The molecular formula is C11H23N3O2. The van der Waals surface area contributed by atoms with Gasteiger partial charge in [0.1, 0.15) is 5.60 Å². The van der Waals surface area contributed by atoms with Crippen LogP contribution in [0.25, 0.3) is 0 Å². The molecule has 5 nitrogen and oxygen atoms in total. The molecule has 4 N–H and O–H groups in total. The Morgan fingerprint density at radius 3 is 2.50 bits per heavy atom. The summed E-state index contributed by atoms with van der Waals surface area (Å²) in [6.07, 6.45) is 1.45. The number of carbonyl (C=O) groups is 1. The number of nitrogens with two attached hydrogens (primary N) is 2. The molecule has 1 amide bonds. The summed E-state index contributed by atoms with van der Waals surface area (Å²) in [5.74, 6) is 0. The maximum Gasteiger partial charge on any atom is 0.410 e. The molecule has 0 radical (unpaired) electrons. The van der Waals surface area contributed by atoms with E-state index < -0.39 is 5.60 Å². The second kappa shape index (κ2) is 5.01. The molecule has 1 aliphatic heterocycles. The number of rotatable bonds is 0. The average molecular weight is 229 g/mol. The van der Waals surface area contributed by atoms with E-state index in [1.807, 2.05) is 20.8 Å². The van der Waals surface area contributed by atoms with E-state index in [0.29, 0.717) is 13.1 Å². The lowest BCUT2D eigenvalue weighted by molar-refractivity contribution is 0.0249. The van der Waals surface area contributed by atoms with E-state index in [2.05, 4.69) is 0 Å². The predicted molar refractivity (Wildman–Crippen MR) is 63.0 cm³/mol. The van der Waals surface area contributed by atoms with E-state index in [1.54, 1.807) is 4.90 Å². The van der Waals surface area contributed by atoms with Crippen molar-refractivity contribution >= 4 is 6.09 Å². The van der Waals surface area contributed by atoms with Crippen LogP contribution in [0.5, 0.6) is 0 Å². The summed E-state index contributed by atoms with van der Waals surface area (Å²) < 4.78 is 5.31. The Morgan fingerprint density at radius 1 is 1.31 bits per heavy atom. The van der Waals surface area contributed by atoms with Gasteiger partial charge >= 0.3 is 6.09 Å². The first-order valence-corrected chi connectivity index (χ1v) is 5.78. The van der Waals surface area contributed by atoms with Crippen molar-refractivity contribution < 1.29 is 9.53 Å². The predicted octanol–water partition coefficient (Wildman–Crippen LogP) is 0.672. The number of hydrogen-bond acceptors (Lipinski definition) is 4. The van der Waals surface area contributed by atoms with Crippen LogP contribution in [0.1, 0.15) is 33.6 Å². The molecule has 2 atom stereocenters. The first-order valence-electron chi connectivity index (χ1n) is 5.78. The van der Waals surface area contributed by atoms with Crippen molar-refractivity contribution in [3.05, 3.63) is 0 Å². The van der Waals surface area contributed by atoms with Crippen molar-refractivity contribution in [1.29, 1.82) is 0 Å². The lowest BCUT2D eigenvalue weighted by Gasteiger charge is -2.28. The molecule has 0 unspecified atom stereocenters. The summed E-state index contributed by atoms with van der Waals surface area (Å²) in [6.45, 7) is 6.73. The highest BCUT2D eigenvalue weighted by Gasteiger charge is 2.27. The van der Waals surface area contributed by atoms with E-state index in [4.69, 9.17) is 16.2 Å². The van der Waals surface area contributed by atoms with Gasteiger partial charge in [-0.1, -0.05) is 0 Å². The molecule has 0 aromatic heterocycles. The lowest BCUT2D eigenvalue weighted by atomic mass is 10.1. The van der Waals surface area contributed by atoms with Crippen molar-refractivity contribution in [2.45, 2.75) is 51.3 Å². The van der Waals surface area contributed by atoms with Crippen LogP contribution in [0.3, 0.4) is 0 Å². The van der Waals surface area contributed by atoms with Crippen LogP contribution in [0.4, 0.5) is 4.79 Å². The number of likely N-dealkylation sites (tertiary alicyclic amines) is 1. The van der Waals surface area contributed by atoms with Gasteiger partial charge in [0.05, 0.1) is 0 Å². The van der Waals surface area contributed by atoms with Gasteiger partial charge in [-0.05, 0) is 33.6 Å². The zero-order chi connectivity index (χ0) is 12.3. The highest BCUT2D eigenvalue weighted by Crippen LogP contribution is 2.14. The molecule has 16 heavy (non-hydrogen) atoms. The molecule has 94 valence electrons. The van der Waals surface area contributed by atoms with Crippen molar-refractivity contribution in [2.75, 3.05) is 13.1 Å². The molecule has 1 fully saturated rings. The zero-order valence-corrected chi connectivity index (χ0v) is 10.4. The Morgan fingerprint density at radius 2 is 1.94 bits per heavy atom. The maximum atomic E-state index is 11.8. The van der Waals surface area contributed by atoms with Crippen LogP contribution >= 0.6 is 0 Å². The first kappa shape index (κ1) is 13.3. The molecule has 0 spiro atoms. The van der Waals surface area contributed by atoms with Crippen molar-refractivity contribution in [3.63, 3.8) is 0 Å². The van der Waals surface area contributed by atoms with E-state index >= 15 is 0 Å². The monoisotopic (exact) mass is 229 g/mol. The smallest absolute Gasteiger partial charge is 0.410 e. The third-order valence-corrected chi connectivity index (χ3v) is 2.60. The summed E-state index contributed by atoms with van der Waals surface area (Å²) in [4.78, 5) is 13.5. The molecule has 0 saturated carbocycles. The molecule has 0 aromatic carbocycles. The number of amides is 1. The molecule has 1 aliphatic rings. The number of hydrogen-bond donors (Lipinski definition) is 2. The van der Waals surface area contributed by atoms with Crippen LogP contribution in [-0.4, -0.2) is 41.8 Å². The Hall–Kier alpha value is -0.810. The molecule has 1 heterocycles. The lowest BCUT2D eigenvalue weighted by Crippen LogP contribution is -2.48. The Labute approximate surface area is 97.1 Å². The number of carbonyl (C=O) groups excluding carboxylic acids is 1. The normalized spacial score (nSPS) is 27.4. The largest absolute Gasteiger partial charge is 0.444 e.